The summed E-state index contributed by atoms with van der Waals surface area (Å²) in [6, 6.07) is 88.8. The van der Waals surface area contributed by atoms with Crippen molar-refractivity contribution in [1.29, 1.82) is 0 Å². The summed E-state index contributed by atoms with van der Waals surface area (Å²) in [4.78, 5) is 3.76. The molecule has 0 fully saturated rings. The second-order valence-corrected chi connectivity index (χ2v) is 21.0. The Kier molecular flexibility index (Phi) is 8.57. The van der Waals surface area contributed by atoms with Gasteiger partial charge in [0.05, 0.1) is 45.4 Å². The van der Waals surface area contributed by atoms with Gasteiger partial charge in [0.1, 0.15) is 0 Å². The van der Waals surface area contributed by atoms with Gasteiger partial charge < -0.3 is 13.7 Å². The lowest BCUT2D eigenvalue weighted by Crippen LogP contribution is -2.74. The Morgan fingerprint density at radius 2 is 0.742 bits per heavy atom. The lowest BCUT2D eigenvalue weighted by atomic mass is 10.1. The van der Waals surface area contributed by atoms with Crippen molar-refractivity contribution in [1.82, 2.24) is 13.7 Å². The van der Waals surface area contributed by atoms with Crippen molar-refractivity contribution in [3.8, 4) is 17.1 Å². The topological polar surface area (TPSA) is 19.1 Å². The van der Waals surface area contributed by atoms with E-state index in [1.54, 1.807) is 0 Å². The highest BCUT2D eigenvalue weighted by Crippen LogP contribution is 2.41. The molecule has 0 unspecified atom stereocenters. The van der Waals surface area contributed by atoms with Gasteiger partial charge in [-0.05, 0) is 98.9 Å². The Bertz CT molecular complexity index is 3960. The molecule has 0 aliphatic carbocycles. The van der Waals surface area contributed by atoms with E-state index in [1.165, 1.54) is 47.8 Å². The molecule has 0 atom stereocenters. The van der Waals surface area contributed by atoms with Crippen molar-refractivity contribution in [2.75, 3.05) is 0 Å². The van der Waals surface area contributed by atoms with Gasteiger partial charge in [-0.2, -0.15) is 0 Å². The second-order valence-electron chi connectivity index (χ2n) is 17.1. The maximum Gasteiger partial charge on any atom is 0.188 e. The normalized spacial score (nSPS) is 11.9. The quantitative estimate of drug-likeness (QED) is 0.0864. The minimum atomic E-state index is -2.79. The lowest BCUT2D eigenvalue weighted by Gasteiger charge is -2.34. The molecule has 10 aromatic carbocycles. The van der Waals surface area contributed by atoms with E-state index in [0.717, 1.165) is 55.4 Å². The largest absolute Gasteiger partial charge is 0.309 e. The summed E-state index contributed by atoms with van der Waals surface area (Å²) < 4.78 is 7.29. The maximum absolute atomic E-state index is 7.71. The van der Waals surface area contributed by atoms with Crippen molar-refractivity contribution >= 4 is 99.9 Å². The molecule has 0 bridgehead atoms. The van der Waals surface area contributed by atoms with Crippen LogP contribution in [0.3, 0.4) is 0 Å². The second kappa shape index (κ2) is 15.0. The van der Waals surface area contributed by atoms with Crippen molar-refractivity contribution in [3.63, 3.8) is 0 Å². The first kappa shape index (κ1) is 37.8. The molecule has 0 amide bonds. The molecule has 4 nitrogen and oxygen atoms in total. The van der Waals surface area contributed by atoms with E-state index in [9.17, 15) is 0 Å². The molecule has 0 N–H and O–H groups in total. The number of rotatable bonds is 7. The molecule has 0 saturated carbocycles. The third-order valence-corrected chi connectivity index (χ3v) is 18.5. The number of aromatic nitrogens is 3. The fraction of sp³-hybridized carbons (Fsp3) is 0. The van der Waals surface area contributed by atoms with Crippen LogP contribution in [0.5, 0.6) is 0 Å². The average molecular weight is 857 g/mol. The molecule has 0 spiro atoms. The van der Waals surface area contributed by atoms with Crippen LogP contribution in [0.25, 0.3) is 87.3 Å². The first-order chi connectivity index (χ1) is 32.7. The van der Waals surface area contributed by atoms with Crippen molar-refractivity contribution in [2.24, 2.45) is 0 Å². The Morgan fingerprint density at radius 1 is 0.303 bits per heavy atom. The smallest absolute Gasteiger partial charge is 0.188 e. The van der Waals surface area contributed by atoms with Crippen LogP contribution >= 0.6 is 0 Å². The van der Waals surface area contributed by atoms with Crippen LogP contribution in [0.15, 0.2) is 243 Å². The SMILES string of the molecule is [C-]#[N+]c1ccc2c(c1)c1ccccc1n2-c1ccc2c(c1)c1ccccc1n2-c1cccc2c1c1ccccc1n2-c1cccc([Si](c2ccccc2)(c2ccccc2)c2ccccc2)c1. The van der Waals surface area contributed by atoms with E-state index >= 15 is 0 Å². The molecular weight excluding hydrogens is 817 g/mol. The van der Waals surface area contributed by atoms with Gasteiger partial charge in [-0.25, -0.2) is 4.85 Å². The minimum absolute atomic E-state index is 0.647. The molecule has 0 radical (unpaired) electrons. The van der Waals surface area contributed by atoms with Crippen LogP contribution < -0.4 is 20.7 Å². The number of hydrogen-bond acceptors (Lipinski definition) is 0. The predicted octanol–water partition coefficient (Wildman–Crippen LogP) is 12.9. The highest BCUT2D eigenvalue weighted by molar-refractivity contribution is 7.19. The number of benzene rings is 10. The Labute approximate surface area is 382 Å². The number of fused-ring (bicyclic) bond motifs is 9. The van der Waals surface area contributed by atoms with Gasteiger partial charge in [-0.1, -0.05) is 170 Å². The predicted molar refractivity (Wildman–Crippen MR) is 279 cm³/mol. The van der Waals surface area contributed by atoms with Crippen molar-refractivity contribution in [3.05, 3.63) is 254 Å². The Hall–Kier alpha value is -8.69. The molecule has 13 rings (SSSR count). The fourth-order valence-electron chi connectivity index (χ4n) is 11.1. The van der Waals surface area contributed by atoms with Crippen LogP contribution in [0.4, 0.5) is 5.69 Å². The molecular formula is C61H40N4Si. The van der Waals surface area contributed by atoms with Gasteiger partial charge in [-0.15, -0.1) is 0 Å². The number of nitrogens with zero attached hydrogens (tertiary/aromatic N) is 4. The van der Waals surface area contributed by atoms with Gasteiger partial charge in [0.2, 0.25) is 0 Å². The zero-order valence-corrected chi connectivity index (χ0v) is 36.9. The maximum atomic E-state index is 7.71. The Morgan fingerprint density at radius 3 is 1.38 bits per heavy atom. The van der Waals surface area contributed by atoms with Gasteiger partial charge >= 0.3 is 0 Å². The van der Waals surface area contributed by atoms with E-state index in [4.69, 9.17) is 6.57 Å². The fourth-order valence-corrected chi connectivity index (χ4v) is 15.9. The molecule has 66 heavy (non-hydrogen) atoms. The van der Waals surface area contributed by atoms with E-state index in [0.29, 0.717) is 5.69 Å². The summed E-state index contributed by atoms with van der Waals surface area (Å²) in [5, 5.41) is 12.4. The van der Waals surface area contributed by atoms with Crippen LogP contribution in [-0.4, -0.2) is 21.8 Å². The van der Waals surface area contributed by atoms with Crippen LogP contribution in [-0.2, 0) is 0 Å². The molecule has 308 valence electrons. The van der Waals surface area contributed by atoms with Gasteiger partial charge in [0.25, 0.3) is 0 Å². The van der Waals surface area contributed by atoms with E-state index in [-0.39, 0.29) is 0 Å². The molecule has 13 aromatic rings. The van der Waals surface area contributed by atoms with Crippen molar-refractivity contribution in [2.45, 2.75) is 0 Å². The van der Waals surface area contributed by atoms with Crippen molar-refractivity contribution < 1.29 is 0 Å². The highest BCUT2D eigenvalue weighted by Gasteiger charge is 2.41. The molecule has 3 heterocycles. The van der Waals surface area contributed by atoms with Gasteiger partial charge in [-0.3, -0.25) is 0 Å². The summed E-state index contributed by atoms with van der Waals surface area (Å²) in [6.45, 7) is 7.71. The summed E-state index contributed by atoms with van der Waals surface area (Å²) in [6.07, 6.45) is 0. The molecule has 0 aliphatic heterocycles. The number of para-hydroxylation sites is 3. The third kappa shape index (κ3) is 5.49. The number of hydrogen-bond donors (Lipinski definition) is 0. The lowest BCUT2D eigenvalue weighted by molar-refractivity contribution is 1.16. The van der Waals surface area contributed by atoms with E-state index in [1.807, 2.05) is 12.1 Å². The first-order valence-electron chi connectivity index (χ1n) is 22.5. The third-order valence-electron chi connectivity index (χ3n) is 13.8. The van der Waals surface area contributed by atoms with Crippen LogP contribution in [0, 0.1) is 6.57 Å². The minimum Gasteiger partial charge on any atom is -0.309 e. The van der Waals surface area contributed by atoms with Gasteiger partial charge in [0.15, 0.2) is 13.8 Å². The zero-order chi connectivity index (χ0) is 43.8. The van der Waals surface area contributed by atoms with E-state index < -0.39 is 8.07 Å². The molecule has 3 aromatic heterocycles. The van der Waals surface area contributed by atoms with E-state index in [2.05, 4.69) is 249 Å². The van der Waals surface area contributed by atoms with Crippen LogP contribution in [0.2, 0.25) is 0 Å². The highest BCUT2D eigenvalue weighted by atomic mass is 28.3. The molecule has 5 heteroatoms. The summed E-state index contributed by atoms with van der Waals surface area (Å²) in [5.41, 5.74) is 10.8. The summed E-state index contributed by atoms with van der Waals surface area (Å²) in [7, 11) is -2.79. The average Bonchev–Trinajstić information content (AvgIpc) is 4.03. The summed E-state index contributed by atoms with van der Waals surface area (Å²) >= 11 is 0. The standard InChI is InChI=1S/C61H40N4Si/c1-62-42-35-37-57-52(39-42)49-27-11-14-30-54(49)63(57)44-36-38-58-53(41-44)50-28-12-15-31-55(50)65(58)60-34-18-33-59-61(60)51-29-13-16-32-56(51)64(59)43-19-17-26-48(40-43)66(45-20-5-2-6-21-45,46-22-7-3-8-23-46)47-24-9-4-10-25-47/h2-41H. The summed E-state index contributed by atoms with van der Waals surface area (Å²) in [5.74, 6) is 0. The molecule has 0 aliphatic rings. The van der Waals surface area contributed by atoms with Gasteiger partial charge in [0, 0.05) is 38.3 Å². The monoisotopic (exact) mass is 856 g/mol. The molecule has 0 saturated heterocycles. The zero-order valence-electron chi connectivity index (χ0n) is 35.9. The Balaban J connectivity index is 1.05. The first-order valence-corrected chi connectivity index (χ1v) is 24.5. The van der Waals surface area contributed by atoms with Crippen LogP contribution in [0.1, 0.15) is 0 Å².